The molecule has 6 nitrogen and oxygen atoms in total. The molecule has 0 heterocycles. The van der Waals surface area contributed by atoms with Crippen molar-refractivity contribution in [1.29, 1.82) is 0 Å². The third-order valence-corrected chi connectivity index (χ3v) is 2.02. The highest BCUT2D eigenvalue weighted by atomic mass is 16.6. The molecule has 14 heavy (non-hydrogen) atoms. The van der Waals surface area contributed by atoms with Crippen molar-refractivity contribution >= 4 is 0 Å². The summed E-state index contributed by atoms with van der Waals surface area (Å²) in [6, 6.07) is 0. The van der Waals surface area contributed by atoms with Gasteiger partial charge in [-0.1, -0.05) is 12.8 Å². The van der Waals surface area contributed by atoms with E-state index in [0.717, 1.165) is 32.2 Å². The number of hydrogen-bond donors (Lipinski definition) is 1. The largest absolute Gasteiger partial charge is 0.724 e. The van der Waals surface area contributed by atoms with Crippen LogP contribution in [-0.4, -0.2) is 37.5 Å². The molecule has 84 valence electrons. The van der Waals surface area contributed by atoms with E-state index in [-0.39, 0.29) is 5.28 Å². The van der Waals surface area contributed by atoms with Crippen LogP contribution in [0.4, 0.5) is 0 Å². The number of hydrazine groups is 1. The van der Waals surface area contributed by atoms with Gasteiger partial charge in [0.05, 0.1) is 5.29 Å². The lowest BCUT2D eigenvalue weighted by Gasteiger charge is -2.30. The topological polar surface area (TPSA) is 71.0 Å². The van der Waals surface area contributed by atoms with Crippen molar-refractivity contribution in [3.63, 3.8) is 0 Å². The van der Waals surface area contributed by atoms with Crippen molar-refractivity contribution in [2.45, 2.75) is 25.7 Å². The zero-order valence-corrected chi connectivity index (χ0v) is 8.90. The van der Waals surface area contributed by atoms with E-state index in [1.54, 1.807) is 7.05 Å². The second kappa shape index (κ2) is 8.86. The summed E-state index contributed by atoms with van der Waals surface area (Å²) in [6.45, 7) is 1.61. The Labute approximate surface area is 84.7 Å². The Morgan fingerprint density at radius 3 is 2.50 bits per heavy atom. The maximum Gasteiger partial charge on any atom is 0.0579 e. The number of nitrogens with zero attached hydrogens (tertiary/aromatic N) is 3. The molecular formula is C8H19N4O2-. The number of nitrogens with one attached hydrogen (secondary N) is 1. The highest BCUT2D eigenvalue weighted by Crippen LogP contribution is 2.01. The molecule has 0 saturated carbocycles. The fraction of sp³-hybridized carbons (Fsp3) is 1.00. The van der Waals surface area contributed by atoms with Gasteiger partial charge in [0.25, 0.3) is 0 Å². The lowest BCUT2D eigenvalue weighted by molar-refractivity contribution is 0.0506. The Morgan fingerprint density at radius 2 is 1.93 bits per heavy atom. The molecule has 0 aliphatic carbocycles. The fourth-order valence-corrected chi connectivity index (χ4v) is 1.14. The van der Waals surface area contributed by atoms with Crippen LogP contribution in [-0.2, 0) is 0 Å². The predicted molar refractivity (Wildman–Crippen MR) is 56.0 cm³/mol. The molecule has 0 saturated heterocycles. The molecule has 0 aromatic heterocycles. The Kier molecular flexibility index (Phi) is 8.40. The summed E-state index contributed by atoms with van der Waals surface area (Å²) in [6.07, 6.45) is 4.27. The second-order valence-electron chi connectivity index (χ2n) is 3.23. The molecule has 0 spiro atoms. The molecule has 0 aliphatic rings. The second-order valence-corrected chi connectivity index (χ2v) is 3.23. The molecule has 0 aromatic carbocycles. The average molecular weight is 203 g/mol. The molecule has 0 fully saturated rings. The van der Waals surface area contributed by atoms with E-state index in [1.807, 2.05) is 7.05 Å². The van der Waals surface area contributed by atoms with Crippen molar-refractivity contribution in [2.24, 2.45) is 5.29 Å². The molecule has 0 aromatic rings. The zero-order chi connectivity index (χ0) is 10.8. The van der Waals surface area contributed by atoms with Gasteiger partial charge in [-0.05, 0) is 26.4 Å². The summed E-state index contributed by atoms with van der Waals surface area (Å²) in [5, 5.41) is 17.3. The van der Waals surface area contributed by atoms with Crippen LogP contribution < -0.4 is 5.32 Å². The molecule has 0 aliphatic heterocycles. The van der Waals surface area contributed by atoms with Crippen LogP contribution in [0.15, 0.2) is 5.29 Å². The Balaban J connectivity index is 3.22. The highest BCUT2D eigenvalue weighted by molar-refractivity contribution is 4.51. The molecule has 0 unspecified atom stereocenters. The molecule has 0 amide bonds. The van der Waals surface area contributed by atoms with Gasteiger partial charge in [0.1, 0.15) is 0 Å². The fourth-order valence-electron chi connectivity index (χ4n) is 1.14. The maximum absolute atomic E-state index is 10.6. The lowest BCUT2D eigenvalue weighted by Crippen LogP contribution is -2.31. The molecule has 0 radical (unpaired) electrons. The first kappa shape index (κ1) is 13.3. The quantitative estimate of drug-likeness (QED) is 0.345. The minimum Gasteiger partial charge on any atom is -0.724 e. The summed E-state index contributed by atoms with van der Waals surface area (Å²) in [5.74, 6) is 0. The zero-order valence-electron chi connectivity index (χ0n) is 8.90. The van der Waals surface area contributed by atoms with Crippen LogP contribution in [0.1, 0.15) is 25.7 Å². The third-order valence-electron chi connectivity index (χ3n) is 2.02. The summed E-state index contributed by atoms with van der Waals surface area (Å²) < 4.78 is 0. The molecular weight excluding hydrogens is 184 g/mol. The van der Waals surface area contributed by atoms with E-state index in [9.17, 15) is 10.1 Å². The van der Waals surface area contributed by atoms with Gasteiger partial charge in [-0.15, -0.1) is 4.91 Å². The van der Waals surface area contributed by atoms with Crippen molar-refractivity contribution < 1.29 is 0 Å². The predicted octanol–water partition coefficient (Wildman–Crippen LogP) is 1.09. The van der Waals surface area contributed by atoms with Crippen LogP contribution >= 0.6 is 0 Å². The number of rotatable bonds is 9. The molecule has 0 rings (SSSR count). The van der Waals surface area contributed by atoms with Crippen LogP contribution in [0, 0.1) is 10.1 Å². The monoisotopic (exact) mass is 203 g/mol. The van der Waals surface area contributed by atoms with Gasteiger partial charge in [-0.25, -0.2) is 5.01 Å². The van der Waals surface area contributed by atoms with Gasteiger partial charge in [-0.3, -0.25) is 5.28 Å². The van der Waals surface area contributed by atoms with Crippen LogP contribution in [0.2, 0.25) is 0 Å². The molecule has 6 heteroatoms. The van der Waals surface area contributed by atoms with Crippen LogP contribution in [0.5, 0.6) is 0 Å². The SMILES string of the molecule is CNCCCCCCN(C)N([O-])N=O. The lowest BCUT2D eigenvalue weighted by atomic mass is 10.2. The van der Waals surface area contributed by atoms with Crippen molar-refractivity contribution in [1.82, 2.24) is 15.6 Å². The van der Waals surface area contributed by atoms with Gasteiger partial charge < -0.3 is 10.5 Å². The summed E-state index contributed by atoms with van der Waals surface area (Å²) in [4.78, 5) is 9.83. The minimum atomic E-state index is 0.0770. The highest BCUT2D eigenvalue weighted by Gasteiger charge is 1.98. The summed E-state index contributed by atoms with van der Waals surface area (Å²) in [7, 11) is 3.49. The third kappa shape index (κ3) is 6.76. The maximum atomic E-state index is 10.6. The Hall–Kier alpha value is -0.720. The normalized spacial score (nSPS) is 10.6. The molecule has 1 N–H and O–H groups in total. The number of nitroso groups, excluding NO2 is 1. The van der Waals surface area contributed by atoms with Gasteiger partial charge in [0.15, 0.2) is 0 Å². The molecule has 0 atom stereocenters. The standard InChI is InChI=1S/C8H19N4O2/c1-9-7-5-3-4-6-8-11(2)12(14)10-13/h9H,3-8H2,1-2H3/q-1. The van der Waals surface area contributed by atoms with Gasteiger partial charge in [0, 0.05) is 13.6 Å². The summed E-state index contributed by atoms with van der Waals surface area (Å²) in [5.41, 5.74) is 0. The van der Waals surface area contributed by atoms with Gasteiger partial charge in [0.2, 0.25) is 0 Å². The van der Waals surface area contributed by atoms with Crippen LogP contribution in [0.3, 0.4) is 0 Å². The first-order valence-electron chi connectivity index (χ1n) is 4.88. The van der Waals surface area contributed by atoms with E-state index in [0.29, 0.717) is 6.54 Å². The smallest absolute Gasteiger partial charge is 0.0579 e. The van der Waals surface area contributed by atoms with Gasteiger partial charge in [-0.2, -0.15) is 0 Å². The number of unbranched alkanes of at least 4 members (excludes halogenated alkanes) is 3. The van der Waals surface area contributed by atoms with E-state index >= 15 is 0 Å². The minimum absolute atomic E-state index is 0.0770. The summed E-state index contributed by atoms with van der Waals surface area (Å²) >= 11 is 0. The van der Waals surface area contributed by atoms with Crippen LogP contribution in [0.25, 0.3) is 0 Å². The van der Waals surface area contributed by atoms with E-state index in [2.05, 4.69) is 10.6 Å². The first-order valence-corrected chi connectivity index (χ1v) is 4.88. The van der Waals surface area contributed by atoms with Crippen molar-refractivity contribution in [3.8, 4) is 0 Å². The van der Waals surface area contributed by atoms with E-state index in [1.165, 1.54) is 5.01 Å². The average Bonchev–Trinajstić information content (AvgIpc) is 2.21. The van der Waals surface area contributed by atoms with Crippen molar-refractivity contribution in [2.75, 3.05) is 27.2 Å². The van der Waals surface area contributed by atoms with Crippen molar-refractivity contribution in [3.05, 3.63) is 10.1 Å². The van der Waals surface area contributed by atoms with E-state index in [4.69, 9.17) is 0 Å². The van der Waals surface area contributed by atoms with E-state index < -0.39 is 0 Å². The number of hydrogen-bond acceptors (Lipinski definition) is 5. The van der Waals surface area contributed by atoms with Gasteiger partial charge >= 0.3 is 0 Å². The molecule has 0 bridgehead atoms. The first-order chi connectivity index (χ1) is 6.72. The Bertz CT molecular complexity index is 145. The Morgan fingerprint density at radius 1 is 1.29 bits per heavy atom.